The third kappa shape index (κ3) is 3.30. The standard InChI is InChI=1S/C14H20ClNO2/c1-3-4-10(2)16-9-11-7-12(15)14-13(8-11)17-5-6-18-14/h7-8,10,16H,3-6,9H2,1-2H3. The van der Waals surface area contributed by atoms with Crippen molar-refractivity contribution in [2.45, 2.75) is 39.3 Å². The molecule has 1 aliphatic heterocycles. The highest BCUT2D eigenvalue weighted by Gasteiger charge is 2.16. The van der Waals surface area contributed by atoms with Crippen molar-refractivity contribution in [1.82, 2.24) is 5.32 Å². The lowest BCUT2D eigenvalue weighted by molar-refractivity contribution is 0.171. The van der Waals surface area contributed by atoms with E-state index in [1.807, 2.05) is 12.1 Å². The van der Waals surface area contributed by atoms with Crippen molar-refractivity contribution in [3.05, 3.63) is 22.7 Å². The Labute approximate surface area is 113 Å². The number of hydrogen-bond acceptors (Lipinski definition) is 3. The van der Waals surface area contributed by atoms with Crippen molar-refractivity contribution in [3.8, 4) is 11.5 Å². The number of hydrogen-bond donors (Lipinski definition) is 1. The van der Waals surface area contributed by atoms with E-state index in [1.54, 1.807) is 0 Å². The lowest BCUT2D eigenvalue weighted by Gasteiger charge is -2.21. The molecule has 0 fully saturated rings. The zero-order valence-corrected chi connectivity index (χ0v) is 11.7. The maximum absolute atomic E-state index is 6.19. The molecule has 100 valence electrons. The second kappa shape index (κ2) is 6.30. The average molecular weight is 270 g/mol. The number of rotatable bonds is 5. The van der Waals surface area contributed by atoms with Gasteiger partial charge in [-0.25, -0.2) is 0 Å². The molecule has 1 aromatic rings. The van der Waals surface area contributed by atoms with Gasteiger partial charge in [0.1, 0.15) is 13.2 Å². The molecule has 0 spiro atoms. The third-order valence-corrected chi connectivity index (χ3v) is 3.31. The molecule has 0 aliphatic carbocycles. The molecule has 4 heteroatoms. The van der Waals surface area contributed by atoms with Gasteiger partial charge in [0.25, 0.3) is 0 Å². The van der Waals surface area contributed by atoms with Crippen molar-refractivity contribution in [1.29, 1.82) is 0 Å². The predicted molar refractivity (Wildman–Crippen MR) is 73.7 cm³/mol. The first kappa shape index (κ1) is 13.5. The van der Waals surface area contributed by atoms with Crippen LogP contribution < -0.4 is 14.8 Å². The Kier molecular flexibility index (Phi) is 4.72. The van der Waals surface area contributed by atoms with Gasteiger partial charge < -0.3 is 14.8 Å². The van der Waals surface area contributed by atoms with Gasteiger partial charge in [0.05, 0.1) is 5.02 Å². The SMILES string of the molecule is CCCC(C)NCc1cc(Cl)c2c(c1)OCCO2. The molecule has 0 aromatic heterocycles. The van der Waals surface area contributed by atoms with Crippen LogP contribution in [-0.4, -0.2) is 19.3 Å². The smallest absolute Gasteiger partial charge is 0.179 e. The molecular weight excluding hydrogens is 250 g/mol. The molecule has 18 heavy (non-hydrogen) atoms. The van der Waals surface area contributed by atoms with E-state index in [4.69, 9.17) is 21.1 Å². The topological polar surface area (TPSA) is 30.5 Å². The summed E-state index contributed by atoms with van der Waals surface area (Å²) in [6.45, 7) is 6.35. The highest BCUT2D eigenvalue weighted by atomic mass is 35.5. The van der Waals surface area contributed by atoms with E-state index in [0.717, 1.165) is 17.9 Å². The van der Waals surface area contributed by atoms with Gasteiger partial charge in [-0.15, -0.1) is 0 Å². The molecule has 0 bridgehead atoms. The van der Waals surface area contributed by atoms with E-state index >= 15 is 0 Å². The molecule has 1 aliphatic rings. The molecule has 0 saturated heterocycles. The first-order chi connectivity index (χ1) is 8.70. The summed E-state index contributed by atoms with van der Waals surface area (Å²) in [6, 6.07) is 4.47. The minimum Gasteiger partial charge on any atom is -0.486 e. The summed E-state index contributed by atoms with van der Waals surface area (Å²) in [6.07, 6.45) is 2.37. The third-order valence-electron chi connectivity index (χ3n) is 3.03. The summed E-state index contributed by atoms with van der Waals surface area (Å²) in [7, 11) is 0. The van der Waals surface area contributed by atoms with Crippen molar-refractivity contribution < 1.29 is 9.47 Å². The Hall–Kier alpha value is -0.930. The van der Waals surface area contributed by atoms with Gasteiger partial charge in [-0.1, -0.05) is 24.9 Å². The van der Waals surface area contributed by atoms with E-state index in [2.05, 4.69) is 19.2 Å². The van der Waals surface area contributed by atoms with E-state index in [9.17, 15) is 0 Å². The van der Waals surface area contributed by atoms with Crippen LogP contribution in [0.3, 0.4) is 0 Å². The minimum absolute atomic E-state index is 0.516. The molecule has 0 saturated carbocycles. The fourth-order valence-corrected chi connectivity index (χ4v) is 2.38. The summed E-state index contributed by atoms with van der Waals surface area (Å²) in [4.78, 5) is 0. The fourth-order valence-electron chi connectivity index (χ4n) is 2.09. The number of halogens is 1. The van der Waals surface area contributed by atoms with E-state index < -0.39 is 0 Å². The lowest BCUT2D eigenvalue weighted by Crippen LogP contribution is -2.25. The van der Waals surface area contributed by atoms with Crippen molar-refractivity contribution in [2.24, 2.45) is 0 Å². The molecular formula is C14H20ClNO2. The molecule has 0 radical (unpaired) electrons. The van der Waals surface area contributed by atoms with Crippen LogP contribution in [0.2, 0.25) is 5.02 Å². The maximum atomic E-state index is 6.19. The molecule has 0 amide bonds. The van der Waals surface area contributed by atoms with Gasteiger partial charge in [0, 0.05) is 12.6 Å². The van der Waals surface area contributed by atoms with E-state index in [-0.39, 0.29) is 0 Å². The fraction of sp³-hybridized carbons (Fsp3) is 0.571. The van der Waals surface area contributed by atoms with Crippen LogP contribution in [0, 0.1) is 0 Å². The highest BCUT2D eigenvalue weighted by Crippen LogP contribution is 2.38. The molecule has 1 heterocycles. The number of nitrogens with one attached hydrogen (secondary N) is 1. The predicted octanol–water partition coefficient (Wildman–Crippen LogP) is 3.39. The van der Waals surface area contributed by atoms with Crippen molar-refractivity contribution >= 4 is 11.6 Å². The van der Waals surface area contributed by atoms with Crippen LogP contribution in [0.15, 0.2) is 12.1 Å². The van der Waals surface area contributed by atoms with Gasteiger partial charge >= 0.3 is 0 Å². The van der Waals surface area contributed by atoms with Crippen LogP contribution in [-0.2, 0) is 6.54 Å². The zero-order valence-electron chi connectivity index (χ0n) is 11.0. The van der Waals surface area contributed by atoms with Crippen molar-refractivity contribution in [2.75, 3.05) is 13.2 Å². The average Bonchev–Trinajstić information content (AvgIpc) is 2.37. The highest BCUT2D eigenvalue weighted by molar-refractivity contribution is 6.32. The quantitative estimate of drug-likeness (QED) is 0.889. The van der Waals surface area contributed by atoms with Gasteiger partial charge in [-0.3, -0.25) is 0 Å². The minimum atomic E-state index is 0.516. The second-order valence-corrected chi connectivity index (χ2v) is 5.08. The molecule has 3 nitrogen and oxygen atoms in total. The molecule has 2 rings (SSSR count). The summed E-state index contributed by atoms with van der Waals surface area (Å²) < 4.78 is 11.1. The number of benzene rings is 1. The maximum Gasteiger partial charge on any atom is 0.179 e. The van der Waals surface area contributed by atoms with Crippen molar-refractivity contribution in [3.63, 3.8) is 0 Å². The van der Waals surface area contributed by atoms with E-state index in [0.29, 0.717) is 30.0 Å². The van der Waals surface area contributed by atoms with Crippen LogP contribution in [0.5, 0.6) is 11.5 Å². The Bertz CT molecular complexity index is 409. The first-order valence-corrected chi connectivity index (χ1v) is 6.90. The van der Waals surface area contributed by atoms with Crippen LogP contribution in [0.25, 0.3) is 0 Å². The van der Waals surface area contributed by atoms with Crippen LogP contribution >= 0.6 is 11.6 Å². The summed E-state index contributed by atoms with van der Waals surface area (Å²) in [5.41, 5.74) is 1.13. The lowest BCUT2D eigenvalue weighted by atomic mass is 10.1. The Balaban J connectivity index is 2.03. The van der Waals surface area contributed by atoms with Gasteiger partial charge in [-0.05, 0) is 31.0 Å². The largest absolute Gasteiger partial charge is 0.486 e. The zero-order chi connectivity index (χ0) is 13.0. The first-order valence-electron chi connectivity index (χ1n) is 6.52. The Morgan fingerprint density at radius 1 is 1.33 bits per heavy atom. The Morgan fingerprint density at radius 2 is 2.11 bits per heavy atom. The summed E-state index contributed by atoms with van der Waals surface area (Å²) in [5.74, 6) is 1.43. The van der Waals surface area contributed by atoms with Gasteiger partial charge in [-0.2, -0.15) is 0 Å². The summed E-state index contributed by atoms with van der Waals surface area (Å²) >= 11 is 6.19. The van der Waals surface area contributed by atoms with Gasteiger partial charge in [0.15, 0.2) is 11.5 Å². The number of fused-ring (bicyclic) bond motifs is 1. The number of ether oxygens (including phenoxy) is 2. The normalized spacial score (nSPS) is 15.5. The Morgan fingerprint density at radius 3 is 2.89 bits per heavy atom. The van der Waals surface area contributed by atoms with Crippen LogP contribution in [0.1, 0.15) is 32.3 Å². The monoisotopic (exact) mass is 269 g/mol. The second-order valence-electron chi connectivity index (χ2n) is 4.67. The summed E-state index contributed by atoms with van der Waals surface area (Å²) in [5, 5.41) is 4.11. The molecule has 1 atom stereocenters. The van der Waals surface area contributed by atoms with E-state index in [1.165, 1.54) is 12.8 Å². The van der Waals surface area contributed by atoms with Crippen LogP contribution in [0.4, 0.5) is 0 Å². The molecule has 1 aromatic carbocycles. The molecule has 1 unspecified atom stereocenters. The molecule has 1 N–H and O–H groups in total. The van der Waals surface area contributed by atoms with Gasteiger partial charge in [0.2, 0.25) is 0 Å².